The summed E-state index contributed by atoms with van der Waals surface area (Å²) in [5.74, 6) is 0. The number of aliphatic hydroxyl groups excluding tert-OH is 1. The summed E-state index contributed by atoms with van der Waals surface area (Å²) < 4.78 is 0. The molecule has 0 bridgehead atoms. The second-order valence-electron chi connectivity index (χ2n) is 8.20. The number of fused-ring (bicyclic) bond motifs is 3. The van der Waals surface area contributed by atoms with Crippen LogP contribution >= 0.6 is 0 Å². The minimum absolute atomic E-state index is 0.424. The van der Waals surface area contributed by atoms with E-state index in [1.54, 1.807) is 0 Å². The lowest BCUT2D eigenvalue weighted by molar-refractivity contribution is 0.176. The summed E-state index contributed by atoms with van der Waals surface area (Å²) in [6, 6.07) is 10.9. The molecule has 1 aliphatic carbocycles. The number of aliphatic hydroxyl groups is 1. The van der Waals surface area contributed by atoms with Gasteiger partial charge in [0, 0.05) is 6.54 Å². The maximum Gasteiger partial charge on any atom is 0.0920 e. The molecule has 148 valence electrons. The molecule has 0 radical (unpaired) electrons. The van der Waals surface area contributed by atoms with Crippen LogP contribution in [0.2, 0.25) is 0 Å². The summed E-state index contributed by atoms with van der Waals surface area (Å²) in [6.07, 6.45) is 13.8. The lowest BCUT2D eigenvalue weighted by atomic mass is 9.84. The van der Waals surface area contributed by atoms with E-state index in [1.165, 1.54) is 86.1 Å². The highest BCUT2D eigenvalue weighted by atomic mass is 16.3. The largest absolute Gasteiger partial charge is 0.387 e. The standard InChI is InChI=1S/C25H37NO/c1-2-3-4-5-6-7-12-17-26-19-25(27)24-18-20-13-8-9-14-21(20)22-15-10-11-16-23(22)24/h10-11,15-16,18,25-27H,2-9,12-14,17,19H2,1H3. The average molecular weight is 368 g/mol. The van der Waals surface area contributed by atoms with Crippen molar-refractivity contribution in [3.05, 3.63) is 47.0 Å². The van der Waals surface area contributed by atoms with Crippen LogP contribution in [0, 0.1) is 0 Å². The van der Waals surface area contributed by atoms with Crippen molar-refractivity contribution in [1.29, 1.82) is 0 Å². The van der Waals surface area contributed by atoms with Gasteiger partial charge < -0.3 is 10.4 Å². The molecule has 2 aromatic rings. The lowest BCUT2D eigenvalue weighted by Crippen LogP contribution is -2.23. The summed E-state index contributed by atoms with van der Waals surface area (Å²) >= 11 is 0. The Kier molecular flexibility index (Phi) is 8.16. The second kappa shape index (κ2) is 10.8. The highest BCUT2D eigenvalue weighted by molar-refractivity contribution is 5.90. The monoisotopic (exact) mass is 367 g/mol. The van der Waals surface area contributed by atoms with Gasteiger partial charge in [-0.25, -0.2) is 0 Å². The Bertz CT molecular complexity index is 709. The molecular weight excluding hydrogens is 330 g/mol. The zero-order valence-electron chi connectivity index (χ0n) is 17.1. The Morgan fingerprint density at radius 1 is 0.926 bits per heavy atom. The number of unbranched alkanes of at least 4 members (excludes halogenated alkanes) is 6. The Hall–Kier alpha value is -1.38. The van der Waals surface area contributed by atoms with Crippen molar-refractivity contribution in [2.75, 3.05) is 13.1 Å². The molecule has 0 aliphatic heterocycles. The third-order valence-corrected chi connectivity index (χ3v) is 6.06. The van der Waals surface area contributed by atoms with Crippen LogP contribution in [0.1, 0.15) is 87.5 Å². The number of aryl methyl sites for hydroxylation is 2. The Balaban J connectivity index is 1.53. The third kappa shape index (κ3) is 5.56. The molecule has 1 atom stereocenters. The van der Waals surface area contributed by atoms with Crippen molar-refractivity contribution >= 4 is 10.8 Å². The van der Waals surface area contributed by atoms with E-state index in [9.17, 15) is 5.11 Å². The molecule has 0 spiro atoms. The van der Waals surface area contributed by atoms with Crippen LogP contribution in [-0.4, -0.2) is 18.2 Å². The number of hydrogen-bond donors (Lipinski definition) is 2. The van der Waals surface area contributed by atoms with Gasteiger partial charge in [0.2, 0.25) is 0 Å². The van der Waals surface area contributed by atoms with Gasteiger partial charge in [0.15, 0.2) is 0 Å². The Morgan fingerprint density at radius 3 is 2.44 bits per heavy atom. The fourth-order valence-electron chi connectivity index (χ4n) is 4.49. The van der Waals surface area contributed by atoms with E-state index in [1.807, 2.05) is 0 Å². The van der Waals surface area contributed by atoms with Gasteiger partial charge >= 0.3 is 0 Å². The molecule has 27 heavy (non-hydrogen) atoms. The van der Waals surface area contributed by atoms with E-state index in [0.717, 1.165) is 18.5 Å². The SMILES string of the molecule is CCCCCCCCCNCC(O)c1cc2c(c3ccccc13)CCCC2. The van der Waals surface area contributed by atoms with Crippen LogP contribution < -0.4 is 5.32 Å². The lowest BCUT2D eigenvalue weighted by Gasteiger charge is -2.23. The van der Waals surface area contributed by atoms with Crippen LogP contribution in [0.15, 0.2) is 30.3 Å². The third-order valence-electron chi connectivity index (χ3n) is 6.06. The zero-order valence-corrected chi connectivity index (χ0v) is 17.1. The van der Waals surface area contributed by atoms with Crippen LogP contribution in [-0.2, 0) is 12.8 Å². The first-order valence-corrected chi connectivity index (χ1v) is 11.2. The minimum atomic E-state index is -0.424. The van der Waals surface area contributed by atoms with E-state index in [4.69, 9.17) is 0 Å². The van der Waals surface area contributed by atoms with E-state index in [0.29, 0.717) is 6.54 Å². The number of benzene rings is 2. The van der Waals surface area contributed by atoms with Gasteiger partial charge in [0.25, 0.3) is 0 Å². The van der Waals surface area contributed by atoms with Crippen molar-refractivity contribution < 1.29 is 5.11 Å². The summed E-state index contributed by atoms with van der Waals surface area (Å²) in [5.41, 5.74) is 4.09. The van der Waals surface area contributed by atoms with Crippen molar-refractivity contribution in [2.45, 2.75) is 83.7 Å². The Labute approximate surface area is 165 Å². The normalized spacial score (nSPS) is 15.0. The molecule has 3 rings (SSSR count). The molecule has 0 saturated carbocycles. The highest BCUT2D eigenvalue weighted by Gasteiger charge is 2.18. The van der Waals surface area contributed by atoms with Crippen molar-refractivity contribution in [3.63, 3.8) is 0 Å². The first-order chi connectivity index (χ1) is 13.3. The van der Waals surface area contributed by atoms with Gasteiger partial charge in [-0.15, -0.1) is 0 Å². The summed E-state index contributed by atoms with van der Waals surface area (Å²) in [5, 5.41) is 16.9. The van der Waals surface area contributed by atoms with Gasteiger partial charge in [-0.3, -0.25) is 0 Å². The molecule has 0 amide bonds. The fourth-order valence-corrected chi connectivity index (χ4v) is 4.49. The van der Waals surface area contributed by atoms with E-state index in [-0.39, 0.29) is 0 Å². The predicted molar refractivity (Wildman–Crippen MR) is 116 cm³/mol. The maximum atomic E-state index is 10.9. The molecule has 1 aliphatic rings. The summed E-state index contributed by atoms with van der Waals surface area (Å²) in [4.78, 5) is 0. The number of nitrogens with one attached hydrogen (secondary N) is 1. The molecule has 2 nitrogen and oxygen atoms in total. The minimum Gasteiger partial charge on any atom is -0.387 e. The van der Waals surface area contributed by atoms with Crippen molar-refractivity contribution in [1.82, 2.24) is 5.32 Å². The van der Waals surface area contributed by atoms with Gasteiger partial charge in [-0.05, 0) is 66.1 Å². The molecule has 1 unspecified atom stereocenters. The Morgan fingerprint density at radius 2 is 1.63 bits per heavy atom. The molecule has 2 heteroatoms. The quantitative estimate of drug-likeness (QED) is 0.471. The maximum absolute atomic E-state index is 10.9. The van der Waals surface area contributed by atoms with E-state index < -0.39 is 6.10 Å². The highest BCUT2D eigenvalue weighted by Crippen LogP contribution is 2.34. The van der Waals surface area contributed by atoms with Crippen LogP contribution in [0.3, 0.4) is 0 Å². The zero-order chi connectivity index (χ0) is 18.9. The van der Waals surface area contributed by atoms with Gasteiger partial charge in [-0.2, -0.15) is 0 Å². The van der Waals surface area contributed by atoms with E-state index in [2.05, 4.69) is 42.6 Å². The first kappa shape index (κ1) is 20.4. The molecule has 0 saturated heterocycles. The predicted octanol–water partition coefficient (Wildman–Crippen LogP) is 6.09. The molecule has 0 fully saturated rings. The molecule has 2 aromatic carbocycles. The number of hydrogen-bond acceptors (Lipinski definition) is 2. The first-order valence-electron chi connectivity index (χ1n) is 11.2. The smallest absolute Gasteiger partial charge is 0.0920 e. The molecule has 2 N–H and O–H groups in total. The van der Waals surface area contributed by atoms with Gasteiger partial charge in [0.1, 0.15) is 0 Å². The van der Waals surface area contributed by atoms with Gasteiger partial charge in [0.05, 0.1) is 6.10 Å². The average Bonchev–Trinajstić information content (AvgIpc) is 2.72. The van der Waals surface area contributed by atoms with Gasteiger partial charge in [-0.1, -0.05) is 75.8 Å². The molecule has 0 aromatic heterocycles. The van der Waals surface area contributed by atoms with Crippen molar-refractivity contribution in [3.8, 4) is 0 Å². The second-order valence-corrected chi connectivity index (χ2v) is 8.20. The summed E-state index contributed by atoms with van der Waals surface area (Å²) in [7, 11) is 0. The molecule has 0 heterocycles. The summed E-state index contributed by atoms with van der Waals surface area (Å²) in [6.45, 7) is 3.92. The van der Waals surface area contributed by atoms with Crippen molar-refractivity contribution in [2.24, 2.45) is 0 Å². The topological polar surface area (TPSA) is 32.3 Å². The fraction of sp³-hybridized carbons (Fsp3) is 0.600. The number of rotatable bonds is 11. The van der Waals surface area contributed by atoms with E-state index >= 15 is 0 Å². The van der Waals surface area contributed by atoms with Crippen LogP contribution in [0.25, 0.3) is 10.8 Å². The van der Waals surface area contributed by atoms with Crippen LogP contribution in [0.5, 0.6) is 0 Å². The van der Waals surface area contributed by atoms with Crippen LogP contribution in [0.4, 0.5) is 0 Å². The molecular formula is C25H37NO.